The summed E-state index contributed by atoms with van der Waals surface area (Å²) >= 11 is 0. The zero-order chi connectivity index (χ0) is 20.6. The first-order valence-corrected chi connectivity index (χ1v) is 9.95. The summed E-state index contributed by atoms with van der Waals surface area (Å²) in [6.45, 7) is -0.530. The molecule has 1 aromatic heterocycles. The van der Waals surface area contributed by atoms with Crippen molar-refractivity contribution in [3.8, 4) is 5.88 Å². The standard InChI is InChI=1S/C19H24F2N4O4/c20-19(21)9-25(10-19)16-17(28-8-11-5-6-11)24-13(7-23-16)18(27)29-14-4-2-1-3-12(14)15(22)26/h7,11-12,14H,1-6,8-10H2,(H2,22,26)/t12-,14+/m0/s1. The van der Waals surface area contributed by atoms with Crippen LogP contribution >= 0.6 is 0 Å². The lowest BCUT2D eigenvalue weighted by Gasteiger charge is -2.39. The van der Waals surface area contributed by atoms with Crippen LogP contribution in [0.2, 0.25) is 0 Å². The lowest BCUT2D eigenvalue weighted by Crippen LogP contribution is -2.56. The maximum absolute atomic E-state index is 13.3. The van der Waals surface area contributed by atoms with Crippen molar-refractivity contribution in [3.05, 3.63) is 11.9 Å². The van der Waals surface area contributed by atoms with Gasteiger partial charge >= 0.3 is 5.97 Å². The van der Waals surface area contributed by atoms with Gasteiger partial charge in [-0.3, -0.25) is 4.79 Å². The molecule has 10 heteroatoms. The first-order valence-electron chi connectivity index (χ1n) is 9.95. The van der Waals surface area contributed by atoms with E-state index >= 15 is 0 Å². The molecular weight excluding hydrogens is 386 g/mol. The number of aromatic nitrogens is 2. The summed E-state index contributed by atoms with van der Waals surface area (Å²) in [5.74, 6) is -3.84. The van der Waals surface area contributed by atoms with Crippen LogP contribution in [0.25, 0.3) is 0 Å². The van der Waals surface area contributed by atoms with Crippen LogP contribution in [0.1, 0.15) is 49.0 Å². The third kappa shape index (κ3) is 4.56. The van der Waals surface area contributed by atoms with Crippen molar-refractivity contribution in [1.29, 1.82) is 0 Å². The molecule has 4 rings (SSSR count). The average molecular weight is 410 g/mol. The number of amides is 1. The molecule has 2 heterocycles. The number of nitrogens with two attached hydrogens (primary N) is 1. The van der Waals surface area contributed by atoms with Crippen molar-refractivity contribution >= 4 is 17.7 Å². The number of alkyl halides is 2. The smallest absolute Gasteiger partial charge is 0.358 e. The van der Waals surface area contributed by atoms with Crippen LogP contribution < -0.4 is 15.4 Å². The minimum absolute atomic E-state index is 0.0527. The average Bonchev–Trinajstić information content (AvgIpc) is 3.49. The number of hydrogen-bond acceptors (Lipinski definition) is 7. The van der Waals surface area contributed by atoms with Crippen molar-refractivity contribution in [2.24, 2.45) is 17.6 Å². The van der Waals surface area contributed by atoms with Gasteiger partial charge < -0.3 is 20.1 Å². The van der Waals surface area contributed by atoms with Gasteiger partial charge in [0.15, 0.2) is 11.5 Å². The van der Waals surface area contributed by atoms with E-state index in [1.165, 1.54) is 11.1 Å². The Labute approximate surface area is 166 Å². The summed E-state index contributed by atoms with van der Waals surface area (Å²) < 4.78 is 37.7. The molecule has 158 valence electrons. The predicted molar refractivity (Wildman–Crippen MR) is 97.8 cm³/mol. The normalized spacial score (nSPS) is 25.8. The summed E-state index contributed by atoms with van der Waals surface area (Å²) in [4.78, 5) is 33.9. The molecule has 0 radical (unpaired) electrons. The minimum atomic E-state index is -2.77. The van der Waals surface area contributed by atoms with Crippen molar-refractivity contribution < 1.29 is 27.8 Å². The van der Waals surface area contributed by atoms with Crippen LogP contribution in [0, 0.1) is 11.8 Å². The Kier molecular flexibility index (Phi) is 5.26. The van der Waals surface area contributed by atoms with Gasteiger partial charge in [-0.05, 0) is 38.0 Å². The topological polar surface area (TPSA) is 108 Å². The van der Waals surface area contributed by atoms with E-state index in [0.29, 0.717) is 25.4 Å². The fraction of sp³-hybridized carbons (Fsp3) is 0.684. The monoisotopic (exact) mass is 410 g/mol. The molecule has 0 aromatic carbocycles. The van der Waals surface area contributed by atoms with E-state index in [2.05, 4.69) is 9.97 Å². The Balaban J connectivity index is 1.49. The SMILES string of the molecule is NC(=O)[C@H]1CCCC[C@H]1OC(=O)c1cnc(N2CC(F)(F)C2)c(OCC2CC2)n1. The van der Waals surface area contributed by atoms with Crippen LogP contribution in [0.5, 0.6) is 5.88 Å². The molecule has 29 heavy (non-hydrogen) atoms. The van der Waals surface area contributed by atoms with E-state index in [-0.39, 0.29) is 17.4 Å². The predicted octanol–water partition coefficient (Wildman–Crippen LogP) is 1.92. The van der Waals surface area contributed by atoms with Crippen molar-refractivity contribution in [2.75, 3.05) is 24.6 Å². The highest BCUT2D eigenvalue weighted by Gasteiger charge is 2.46. The van der Waals surface area contributed by atoms with Gasteiger partial charge in [-0.25, -0.2) is 23.5 Å². The van der Waals surface area contributed by atoms with Crippen LogP contribution in [0.4, 0.5) is 14.6 Å². The Morgan fingerprint density at radius 3 is 2.59 bits per heavy atom. The highest BCUT2D eigenvalue weighted by molar-refractivity contribution is 5.88. The zero-order valence-corrected chi connectivity index (χ0v) is 16.0. The maximum atomic E-state index is 13.3. The second-order valence-electron chi connectivity index (χ2n) is 8.09. The van der Waals surface area contributed by atoms with Gasteiger partial charge in [0.25, 0.3) is 11.8 Å². The molecule has 2 N–H and O–H groups in total. The van der Waals surface area contributed by atoms with Crippen LogP contribution in [0.3, 0.4) is 0 Å². The second-order valence-corrected chi connectivity index (χ2v) is 8.09. The molecule has 2 saturated carbocycles. The first kappa shape index (κ1) is 19.8. The Hall–Kier alpha value is -2.52. The number of primary amides is 1. The van der Waals surface area contributed by atoms with Crippen LogP contribution in [-0.4, -0.2) is 53.6 Å². The van der Waals surface area contributed by atoms with Gasteiger partial charge in [0.05, 0.1) is 31.8 Å². The molecule has 0 unspecified atom stereocenters. The maximum Gasteiger partial charge on any atom is 0.358 e. The molecule has 2 atom stereocenters. The molecule has 8 nitrogen and oxygen atoms in total. The minimum Gasteiger partial charge on any atom is -0.475 e. The van der Waals surface area contributed by atoms with E-state index in [4.69, 9.17) is 15.2 Å². The number of ether oxygens (including phenoxy) is 2. The molecule has 3 fully saturated rings. The lowest BCUT2D eigenvalue weighted by atomic mass is 9.86. The number of rotatable bonds is 7. The molecule has 1 saturated heterocycles. The lowest BCUT2D eigenvalue weighted by molar-refractivity contribution is -0.127. The Bertz CT molecular complexity index is 794. The third-order valence-electron chi connectivity index (χ3n) is 5.55. The summed E-state index contributed by atoms with van der Waals surface area (Å²) in [5, 5.41) is 0. The van der Waals surface area contributed by atoms with Crippen LogP contribution in [0.15, 0.2) is 6.20 Å². The van der Waals surface area contributed by atoms with Gasteiger partial charge in [0.1, 0.15) is 6.10 Å². The van der Waals surface area contributed by atoms with Crippen molar-refractivity contribution in [2.45, 2.75) is 50.6 Å². The number of hydrogen-bond donors (Lipinski definition) is 1. The summed E-state index contributed by atoms with van der Waals surface area (Å²) in [7, 11) is 0. The molecular formula is C19H24F2N4O4. The van der Waals surface area contributed by atoms with E-state index in [1.807, 2.05) is 0 Å². The Morgan fingerprint density at radius 2 is 1.93 bits per heavy atom. The fourth-order valence-corrected chi connectivity index (χ4v) is 3.68. The highest BCUT2D eigenvalue weighted by atomic mass is 19.3. The fourth-order valence-electron chi connectivity index (χ4n) is 3.68. The summed E-state index contributed by atoms with van der Waals surface area (Å²) in [6.07, 6.45) is 5.52. The van der Waals surface area contributed by atoms with Gasteiger partial charge in [-0.2, -0.15) is 0 Å². The third-order valence-corrected chi connectivity index (χ3v) is 5.55. The number of nitrogens with zero attached hydrogens (tertiary/aromatic N) is 3. The van der Waals surface area contributed by atoms with E-state index in [0.717, 1.165) is 25.7 Å². The van der Waals surface area contributed by atoms with E-state index < -0.39 is 42.9 Å². The number of anilines is 1. The quantitative estimate of drug-likeness (QED) is 0.684. The van der Waals surface area contributed by atoms with Crippen LogP contribution in [-0.2, 0) is 9.53 Å². The second kappa shape index (κ2) is 7.72. The molecule has 1 aromatic rings. The number of carbonyl (C=O) groups is 2. The van der Waals surface area contributed by atoms with Crippen molar-refractivity contribution in [1.82, 2.24) is 9.97 Å². The number of carbonyl (C=O) groups excluding carboxylic acids is 2. The van der Waals surface area contributed by atoms with Gasteiger partial charge in [-0.15, -0.1) is 0 Å². The van der Waals surface area contributed by atoms with Gasteiger partial charge in [0, 0.05) is 0 Å². The van der Waals surface area contributed by atoms with E-state index in [9.17, 15) is 18.4 Å². The summed E-state index contributed by atoms with van der Waals surface area (Å²) in [6, 6.07) is 0. The summed E-state index contributed by atoms with van der Waals surface area (Å²) in [5.41, 5.74) is 5.34. The zero-order valence-electron chi connectivity index (χ0n) is 16.0. The van der Waals surface area contributed by atoms with Gasteiger partial charge in [-0.1, -0.05) is 6.42 Å². The molecule has 0 bridgehead atoms. The molecule has 0 spiro atoms. The van der Waals surface area contributed by atoms with E-state index in [1.54, 1.807) is 0 Å². The molecule has 2 aliphatic carbocycles. The highest BCUT2D eigenvalue weighted by Crippen LogP contribution is 2.36. The van der Waals surface area contributed by atoms with Gasteiger partial charge in [0.2, 0.25) is 5.91 Å². The molecule has 1 amide bonds. The van der Waals surface area contributed by atoms with Crippen molar-refractivity contribution in [3.63, 3.8) is 0 Å². The number of halogens is 2. The molecule has 1 aliphatic heterocycles. The number of esters is 1. The Morgan fingerprint density at radius 1 is 1.21 bits per heavy atom. The molecule has 3 aliphatic rings. The first-order chi connectivity index (χ1) is 13.8. The largest absolute Gasteiger partial charge is 0.475 e.